The Morgan fingerprint density at radius 3 is 2.77 bits per heavy atom. The van der Waals surface area contributed by atoms with Crippen LogP contribution in [-0.2, 0) is 11.2 Å². The molecule has 0 aliphatic heterocycles. The van der Waals surface area contributed by atoms with Gasteiger partial charge in [-0.1, -0.05) is 66.2 Å². The Kier molecular flexibility index (Phi) is 5.89. The zero-order valence-corrected chi connectivity index (χ0v) is 17.4. The largest absolute Gasteiger partial charge is 0.297 e. The Morgan fingerprint density at radius 1 is 1.13 bits per heavy atom. The van der Waals surface area contributed by atoms with E-state index in [0.29, 0.717) is 16.6 Å². The lowest BCUT2D eigenvalue weighted by Gasteiger charge is -2.04. The normalized spacial score (nSPS) is 11.3. The second-order valence-corrected chi connectivity index (χ2v) is 8.18. The van der Waals surface area contributed by atoms with Crippen molar-refractivity contribution < 1.29 is 4.79 Å². The van der Waals surface area contributed by atoms with Crippen molar-refractivity contribution in [2.45, 2.75) is 6.42 Å². The van der Waals surface area contributed by atoms with Crippen molar-refractivity contribution in [3.05, 3.63) is 99.5 Å². The third-order valence-electron chi connectivity index (χ3n) is 4.53. The third kappa shape index (κ3) is 4.57. The van der Waals surface area contributed by atoms with Gasteiger partial charge in [-0.15, -0.1) is 11.3 Å². The van der Waals surface area contributed by atoms with Gasteiger partial charge in [0, 0.05) is 22.5 Å². The van der Waals surface area contributed by atoms with Crippen LogP contribution in [0.3, 0.4) is 0 Å². The number of carbonyl (C=O) groups excluding carboxylic acids is 1. The molecule has 4 nitrogen and oxygen atoms in total. The monoisotopic (exact) mass is 429 g/mol. The number of rotatable bonds is 5. The molecule has 4 aromatic rings. The number of aromatic nitrogens is 1. The molecule has 3 aromatic carbocycles. The Balaban J connectivity index is 1.52. The number of hydrogen-bond acceptors (Lipinski definition) is 4. The van der Waals surface area contributed by atoms with Crippen LogP contribution in [0.5, 0.6) is 0 Å². The van der Waals surface area contributed by atoms with Gasteiger partial charge in [0.05, 0.1) is 0 Å². The van der Waals surface area contributed by atoms with Crippen LogP contribution < -0.4 is 5.32 Å². The lowest BCUT2D eigenvalue weighted by molar-refractivity contribution is -0.112. The molecule has 0 radical (unpaired) electrons. The van der Waals surface area contributed by atoms with E-state index in [0.717, 1.165) is 26.8 Å². The molecule has 0 atom stereocenters. The average molecular weight is 430 g/mol. The summed E-state index contributed by atoms with van der Waals surface area (Å²) in [4.78, 5) is 17.9. The maximum Gasteiger partial charge on any atom is 0.268 e. The van der Waals surface area contributed by atoms with Crippen molar-refractivity contribution in [2.75, 3.05) is 5.32 Å². The third-order valence-corrected chi connectivity index (χ3v) is 5.68. The summed E-state index contributed by atoms with van der Waals surface area (Å²) >= 11 is 7.41. The van der Waals surface area contributed by atoms with Crippen LogP contribution in [0.2, 0.25) is 5.02 Å². The number of hydrogen-bond donors (Lipinski definition) is 1. The molecular weight excluding hydrogens is 414 g/mol. The van der Waals surface area contributed by atoms with E-state index >= 15 is 0 Å². The van der Waals surface area contributed by atoms with Crippen LogP contribution in [0, 0.1) is 11.3 Å². The first-order valence-corrected chi connectivity index (χ1v) is 10.4. The fourth-order valence-corrected chi connectivity index (χ4v) is 4.19. The van der Waals surface area contributed by atoms with E-state index in [2.05, 4.69) is 10.3 Å². The lowest BCUT2D eigenvalue weighted by atomic mass is 10.0. The zero-order chi connectivity index (χ0) is 20.9. The maximum absolute atomic E-state index is 12.6. The Hall–Kier alpha value is -3.46. The van der Waals surface area contributed by atoms with Crippen LogP contribution >= 0.6 is 22.9 Å². The van der Waals surface area contributed by atoms with Gasteiger partial charge >= 0.3 is 0 Å². The predicted molar refractivity (Wildman–Crippen MR) is 123 cm³/mol. The van der Waals surface area contributed by atoms with Gasteiger partial charge in [0.25, 0.3) is 5.91 Å². The molecule has 0 unspecified atom stereocenters. The minimum Gasteiger partial charge on any atom is -0.297 e. The Bertz CT molecular complexity index is 1300. The number of nitriles is 1. The van der Waals surface area contributed by atoms with Crippen molar-refractivity contribution in [2.24, 2.45) is 0 Å². The minimum atomic E-state index is -0.478. The Morgan fingerprint density at radius 2 is 1.93 bits per heavy atom. The molecule has 0 aliphatic rings. The second-order valence-electron chi connectivity index (χ2n) is 6.63. The van der Waals surface area contributed by atoms with Gasteiger partial charge in [-0.05, 0) is 40.1 Å². The minimum absolute atomic E-state index is 0.0259. The predicted octanol–water partition coefficient (Wildman–Crippen LogP) is 6.09. The molecule has 6 heteroatoms. The first kappa shape index (κ1) is 19.8. The maximum atomic E-state index is 12.6. The van der Waals surface area contributed by atoms with Crippen molar-refractivity contribution in [3.8, 4) is 6.07 Å². The van der Waals surface area contributed by atoms with E-state index in [1.54, 1.807) is 12.3 Å². The highest BCUT2D eigenvalue weighted by atomic mass is 35.5. The first-order valence-electron chi connectivity index (χ1n) is 9.22. The number of carbonyl (C=O) groups is 1. The van der Waals surface area contributed by atoms with Gasteiger partial charge in [0.15, 0.2) is 5.13 Å². The van der Waals surface area contributed by atoms with Crippen molar-refractivity contribution in [1.29, 1.82) is 5.26 Å². The summed E-state index contributed by atoms with van der Waals surface area (Å²) in [6, 6.07) is 23.3. The number of anilines is 1. The number of amides is 1. The van der Waals surface area contributed by atoms with E-state index in [-0.39, 0.29) is 5.57 Å². The molecule has 4 rings (SSSR count). The molecule has 1 aromatic heterocycles. The standard InChI is InChI=1S/C24H16ClN3OS/c25-20-9-3-5-16(11-20)12-21-15-27-24(30-21)28-23(29)19(14-26)13-18-8-4-7-17-6-1-2-10-22(17)18/h1-11,13,15H,12H2,(H,27,28,29)/b19-13+. The van der Waals surface area contributed by atoms with Crippen molar-refractivity contribution in [1.82, 2.24) is 4.98 Å². The number of nitrogens with zero attached hydrogens (tertiary/aromatic N) is 2. The quantitative estimate of drug-likeness (QED) is 0.308. The van der Waals surface area contributed by atoms with Gasteiger partial charge in [-0.3, -0.25) is 10.1 Å². The number of halogens is 1. The van der Waals surface area contributed by atoms with Crippen molar-refractivity contribution in [3.63, 3.8) is 0 Å². The molecule has 0 aliphatic carbocycles. The summed E-state index contributed by atoms with van der Waals surface area (Å²) in [6.45, 7) is 0. The van der Waals surface area contributed by atoms with Crippen molar-refractivity contribution >= 4 is 50.8 Å². The topological polar surface area (TPSA) is 65.8 Å². The smallest absolute Gasteiger partial charge is 0.268 e. The zero-order valence-electron chi connectivity index (χ0n) is 15.8. The fraction of sp³-hybridized carbons (Fsp3) is 0.0417. The van der Waals surface area contributed by atoms with Crippen LogP contribution in [0.4, 0.5) is 5.13 Å². The Labute approximate surface area is 183 Å². The molecule has 0 bridgehead atoms. The van der Waals surface area contributed by atoms with E-state index in [4.69, 9.17) is 11.6 Å². The molecular formula is C24H16ClN3OS. The summed E-state index contributed by atoms with van der Waals surface area (Å²) in [5.74, 6) is -0.478. The molecule has 1 heterocycles. The highest BCUT2D eigenvalue weighted by Crippen LogP contribution is 2.24. The summed E-state index contributed by atoms with van der Waals surface area (Å²) < 4.78 is 0. The average Bonchev–Trinajstić information content (AvgIpc) is 3.18. The molecule has 0 saturated carbocycles. The summed E-state index contributed by atoms with van der Waals surface area (Å²) in [5, 5.41) is 15.4. The SMILES string of the molecule is N#C/C(=C\c1cccc2ccccc12)C(=O)Nc1ncc(Cc2cccc(Cl)c2)s1. The molecule has 0 saturated heterocycles. The summed E-state index contributed by atoms with van der Waals surface area (Å²) in [6.07, 6.45) is 4.00. The van der Waals surface area contributed by atoms with Gasteiger partial charge in [-0.25, -0.2) is 4.98 Å². The van der Waals surface area contributed by atoms with E-state index in [1.165, 1.54) is 11.3 Å². The summed E-state index contributed by atoms with van der Waals surface area (Å²) in [5.41, 5.74) is 1.91. The van der Waals surface area contributed by atoms with E-state index in [1.807, 2.05) is 72.8 Å². The van der Waals surface area contributed by atoms with Crippen LogP contribution in [0.1, 0.15) is 16.0 Å². The number of fused-ring (bicyclic) bond motifs is 1. The number of thiazole rings is 1. The number of nitrogens with one attached hydrogen (secondary N) is 1. The summed E-state index contributed by atoms with van der Waals surface area (Å²) in [7, 11) is 0. The molecule has 1 amide bonds. The van der Waals surface area contributed by atoms with E-state index in [9.17, 15) is 10.1 Å². The number of benzene rings is 3. The molecule has 30 heavy (non-hydrogen) atoms. The first-order chi connectivity index (χ1) is 14.6. The second kappa shape index (κ2) is 8.91. The molecule has 0 spiro atoms. The van der Waals surface area contributed by atoms with Gasteiger partial charge in [0.1, 0.15) is 11.6 Å². The van der Waals surface area contributed by atoms with Crippen LogP contribution in [0.25, 0.3) is 16.8 Å². The highest BCUT2D eigenvalue weighted by Gasteiger charge is 2.13. The lowest BCUT2D eigenvalue weighted by Crippen LogP contribution is -2.13. The van der Waals surface area contributed by atoms with Crippen LogP contribution in [0.15, 0.2) is 78.5 Å². The molecule has 0 fully saturated rings. The van der Waals surface area contributed by atoms with Gasteiger partial charge < -0.3 is 0 Å². The van der Waals surface area contributed by atoms with Crippen LogP contribution in [-0.4, -0.2) is 10.9 Å². The van der Waals surface area contributed by atoms with Gasteiger partial charge in [-0.2, -0.15) is 5.26 Å². The molecule has 146 valence electrons. The fourth-order valence-electron chi connectivity index (χ4n) is 3.14. The van der Waals surface area contributed by atoms with Gasteiger partial charge in [0.2, 0.25) is 0 Å². The van der Waals surface area contributed by atoms with E-state index < -0.39 is 5.91 Å². The molecule has 1 N–H and O–H groups in total. The highest BCUT2D eigenvalue weighted by molar-refractivity contribution is 7.15.